The van der Waals surface area contributed by atoms with Crippen molar-refractivity contribution in [3.63, 3.8) is 0 Å². The molecule has 0 spiro atoms. The summed E-state index contributed by atoms with van der Waals surface area (Å²) in [6.45, 7) is 9.84. The van der Waals surface area contributed by atoms with E-state index in [0.29, 0.717) is 5.41 Å². The standard InChI is InChI=1S/C20H31OP/c1-5-19-18-8-6-14-12-15(21-22)7-9-16(14)17(18)10-11-20(19,4)13(2)3/h7,9,12-13,17-19H,5-6,8,10-11,22H2,1-4H3. The Bertz CT molecular complexity index is 539. The van der Waals surface area contributed by atoms with Gasteiger partial charge in [0.05, 0.1) is 9.47 Å². The number of benzene rings is 1. The van der Waals surface area contributed by atoms with Gasteiger partial charge in [-0.2, -0.15) is 0 Å². The zero-order valence-electron chi connectivity index (χ0n) is 14.6. The van der Waals surface area contributed by atoms with Crippen molar-refractivity contribution < 1.29 is 4.52 Å². The molecule has 0 aromatic heterocycles. The van der Waals surface area contributed by atoms with Gasteiger partial charge in [-0.25, -0.2) is 0 Å². The topological polar surface area (TPSA) is 9.23 Å². The molecule has 1 aromatic rings. The predicted molar refractivity (Wildman–Crippen MR) is 97.3 cm³/mol. The highest BCUT2D eigenvalue weighted by atomic mass is 31.0. The van der Waals surface area contributed by atoms with Crippen molar-refractivity contribution in [2.24, 2.45) is 23.2 Å². The van der Waals surface area contributed by atoms with Crippen LogP contribution in [0.25, 0.3) is 0 Å². The summed E-state index contributed by atoms with van der Waals surface area (Å²) in [6.07, 6.45) is 6.66. The quantitative estimate of drug-likeness (QED) is 0.623. The summed E-state index contributed by atoms with van der Waals surface area (Å²) in [7, 11) is 2.37. The molecule has 1 saturated carbocycles. The zero-order chi connectivity index (χ0) is 15.9. The van der Waals surface area contributed by atoms with Crippen molar-refractivity contribution in [3.05, 3.63) is 29.3 Å². The average molecular weight is 318 g/mol. The molecule has 0 amide bonds. The Hall–Kier alpha value is -0.550. The van der Waals surface area contributed by atoms with Crippen molar-refractivity contribution in [1.82, 2.24) is 0 Å². The van der Waals surface area contributed by atoms with E-state index in [2.05, 4.69) is 55.4 Å². The fourth-order valence-electron chi connectivity index (χ4n) is 5.47. The zero-order valence-corrected chi connectivity index (χ0v) is 15.7. The molecular formula is C20H31OP. The molecule has 0 bridgehead atoms. The largest absolute Gasteiger partial charge is 0.480 e. The molecule has 2 aliphatic carbocycles. The molecule has 1 nitrogen and oxygen atoms in total. The molecule has 122 valence electrons. The van der Waals surface area contributed by atoms with Gasteiger partial charge in [-0.3, -0.25) is 0 Å². The van der Waals surface area contributed by atoms with Crippen molar-refractivity contribution in [3.8, 4) is 5.75 Å². The lowest BCUT2D eigenvalue weighted by Gasteiger charge is -2.54. The summed E-state index contributed by atoms with van der Waals surface area (Å²) in [5.74, 6) is 4.29. The monoisotopic (exact) mass is 318 g/mol. The van der Waals surface area contributed by atoms with Crippen LogP contribution in [0.2, 0.25) is 0 Å². The Morgan fingerprint density at radius 1 is 1.32 bits per heavy atom. The fraction of sp³-hybridized carbons (Fsp3) is 0.700. The average Bonchev–Trinajstić information content (AvgIpc) is 2.53. The summed E-state index contributed by atoms with van der Waals surface area (Å²) in [5, 5.41) is 0. The van der Waals surface area contributed by atoms with Gasteiger partial charge >= 0.3 is 0 Å². The van der Waals surface area contributed by atoms with Gasteiger partial charge in [0.2, 0.25) is 0 Å². The maximum absolute atomic E-state index is 5.34. The first kappa shape index (κ1) is 16.3. The molecule has 0 heterocycles. The second-order valence-electron chi connectivity index (χ2n) is 8.00. The highest BCUT2D eigenvalue weighted by Gasteiger charge is 2.48. The lowest BCUT2D eigenvalue weighted by molar-refractivity contribution is -0.00743. The molecule has 2 aliphatic rings. The maximum Gasteiger partial charge on any atom is 0.122 e. The second-order valence-corrected chi connectivity index (χ2v) is 8.24. The highest BCUT2D eigenvalue weighted by Crippen LogP contribution is 2.58. The van der Waals surface area contributed by atoms with E-state index in [-0.39, 0.29) is 0 Å². The first-order valence-corrected chi connectivity index (χ1v) is 9.48. The van der Waals surface area contributed by atoms with Gasteiger partial charge in [-0.05, 0) is 78.0 Å². The van der Waals surface area contributed by atoms with E-state index in [9.17, 15) is 0 Å². The van der Waals surface area contributed by atoms with Gasteiger partial charge in [0.1, 0.15) is 5.75 Å². The Kier molecular flexibility index (Phi) is 4.56. The SMILES string of the molecule is CCC1C2CCc3cc(OP)ccc3C2CCC1(C)C(C)C. The summed E-state index contributed by atoms with van der Waals surface area (Å²) >= 11 is 0. The van der Waals surface area contributed by atoms with Gasteiger partial charge in [0.25, 0.3) is 0 Å². The van der Waals surface area contributed by atoms with E-state index in [4.69, 9.17) is 4.52 Å². The van der Waals surface area contributed by atoms with Crippen LogP contribution in [0.15, 0.2) is 18.2 Å². The van der Waals surface area contributed by atoms with Crippen LogP contribution >= 0.6 is 9.47 Å². The highest BCUT2D eigenvalue weighted by molar-refractivity contribution is 7.10. The lowest BCUT2D eigenvalue weighted by atomic mass is 9.51. The van der Waals surface area contributed by atoms with Crippen LogP contribution in [0.3, 0.4) is 0 Å². The summed E-state index contributed by atoms with van der Waals surface area (Å²) < 4.78 is 5.34. The molecule has 5 atom stereocenters. The van der Waals surface area contributed by atoms with Crippen LogP contribution in [-0.2, 0) is 6.42 Å². The third-order valence-electron chi connectivity index (χ3n) is 7.03. The smallest absolute Gasteiger partial charge is 0.122 e. The van der Waals surface area contributed by atoms with E-state index in [1.54, 1.807) is 5.56 Å². The van der Waals surface area contributed by atoms with Crippen LogP contribution < -0.4 is 4.52 Å². The van der Waals surface area contributed by atoms with Crippen LogP contribution in [-0.4, -0.2) is 0 Å². The number of hydrogen-bond acceptors (Lipinski definition) is 1. The Labute approximate surface area is 138 Å². The van der Waals surface area contributed by atoms with Crippen molar-refractivity contribution in [2.75, 3.05) is 0 Å². The van der Waals surface area contributed by atoms with Crippen LogP contribution in [0.5, 0.6) is 5.75 Å². The van der Waals surface area contributed by atoms with Crippen molar-refractivity contribution in [2.45, 2.75) is 65.7 Å². The molecule has 0 N–H and O–H groups in total. The molecule has 2 heteroatoms. The summed E-state index contributed by atoms with van der Waals surface area (Å²) in [6, 6.07) is 6.75. The van der Waals surface area contributed by atoms with E-state index < -0.39 is 0 Å². The van der Waals surface area contributed by atoms with Crippen LogP contribution in [0.4, 0.5) is 0 Å². The second kappa shape index (κ2) is 6.16. The number of aryl methyl sites for hydroxylation is 1. The summed E-state index contributed by atoms with van der Waals surface area (Å²) in [4.78, 5) is 0. The van der Waals surface area contributed by atoms with E-state index in [1.807, 2.05) is 0 Å². The van der Waals surface area contributed by atoms with E-state index in [0.717, 1.165) is 29.4 Å². The molecule has 22 heavy (non-hydrogen) atoms. The number of hydrogen-bond donors (Lipinski definition) is 0. The molecule has 1 fully saturated rings. The first-order chi connectivity index (χ1) is 10.5. The minimum Gasteiger partial charge on any atom is -0.480 e. The van der Waals surface area contributed by atoms with Crippen LogP contribution in [0, 0.1) is 23.2 Å². The Morgan fingerprint density at radius 3 is 2.73 bits per heavy atom. The Morgan fingerprint density at radius 2 is 2.09 bits per heavy atom. The molecule has 0 saturated heterocycles. The third-order valence-corrected chi connectivity index (χ3v) is 7.30. The van der Waals surface area contributed by atoms with Crippen molar-refractivity contribution >= 4 is 9.47 Å². The molecule has 3 rings (SSSR count). The lowest BCUT2D eigenvalue weighted by Crippen LogP contribution is -2.45. The van der Waals surface area contributed by atoms with E-state index in [1.165, 1.54) is 37.7 Å². The van der Waals surface area contributed by atoms with Gasteiger partial charge in [-0.15, -0.1) is 0 Å². The van der Waals surface area contributed by atoms with Gasteiger partial charge in [-0.1, -0.05) is 40.2 Å². The molecular weight excluding hydrogens is 287 g/mol. The molecule has 0 aliphatic heterocycles. The summed E-state index contributed by atoms with van der Waals surface area (Å²) in [5.41, 5.74) is 3.67. The normalized spacial score (nSPS) is 34.2. The first-order valence-electron chi connectivity index (χ1n) is 9.00. The van der Waals surface area contributed by atoms with Gasteiger partial charge in [0.15, 0.2) is 0 Å². The van der Waals surface area contributed by atoms with Crippen molar-refractivity contribution in [1.29, 1.82) is 0 Å². The Balaban J connectivity index is 1.94. The number of rotatable bonds is 3. The fourth-order valence-corrected chi connectivity index (χ4v) is 5.61. The van der Waals surface area contributed by atoms with Crippen LogP contribution in [0.1, 0.15) is 70.4 Å². The minimum absolute atomic E-state index is 0.524. The van der Waals surface area contributed by atoms with Gasteiger partial charge < -0.3 is 4.52 Å². The van der Waals surface area contributed by atoms with Gasteiger partial charge in [0, 0.05) is 0 Å². The van der Waals surface area contributed by atoms with E-state index >= 15 is 0 Å². The minimum atomic E-state index is 0.524. The maximum atomic E-state index is 5.34. The molecule has 1 aromatic carbocycles. The third kappa shape index (κ3) is 2.50. The predicted octanol–water partition coefficient (Wildman–Crippen LogP) is 5.98. The number of fused-ring (bicyclic) bond motifs is 3. The molecule has 0 radical (unpaired) electrons. The molecule has 5 unspecified atom stereocenters.